The number of hydrogen-bond donors (Lipinski definition) is 1. The number of morpholine rings is 2. The Morgan fingerprint density at radius 1 is 1.15 bits per heavy atom. The summed E-state index contributed by atoms with van der Waals surface area (Å²) < 4.78 is 11.4. The normalized spacial score (nSPS) is 34.0. The monoisotopic (exact) mass is 286 g/mol. The molecule has 0 amide bonds. The van der Waals surface area contributed by atoms with Crippen molar-refractivity contribution in [1.29, 1.82) is 0 Å². The first kappa shape index (κ1) is 16.2. The Labute approximate surface area is 122 Å². The molecule has 3 atom stereocenters. The van der Waals surface area contributed by atoms with Crippen molar-refractivity contribution in [2.45, 2.75) is 51.6 Å². The zero-order valence-corrected chi connectivity index (χ0v) is 13.3. The van der Waals surface area contributed by atoms with E-state index in [0.717, 1.165) is 45.9 Å². The number of rotatable bonds is 4. The van der Waals surface area contributed by atoms with Gasteiger partial charge in [-0.05, 0) is 27.7 Å². The van der Waals surface area contributed by atoms with Gasteiger partial charge in [-0.25, -0.2) is 0 Å². The predicted octanol–water partition coefficient (Wildman–Crippen LogP) is 0.567. The maximum atomic E-state index is 10.3. The summed E-state index contributed by atoms with van der Waals surface area (Å²) in [6.45, 7) is 14.3. The fourth-order valence-corrected chi connectivity index (χ4v) is 3.36. The Bertz CT molecular complexity index is 297. The van der Waals surface area contributed by atoms with Crippen LogP contribution in [0.4, 0.5) is 0 Å². The van der Waals surface area contributed by atoms with Crippen LogP contribution in [-0.4, -0.2) is 84.7 Å². The number of ether oxygens (including phenoxy) is 2. The highest BCUT2D eigenvalue weighted by Gasteiger charge is 2.29. The molecule has 5 nitrogen and oxygen atoms in total. The van der Waals surface area contributed by atoms with Crippen LogP contribution < -0.4 is 0 Å². The van der Waals surface area contributed by atoms with E-state index >= 15 is 0 Å². The molecule has 2 aliphatic rings. The van der Waals surface area contributed by atoms with Crippen LogP contribution >= 0.6 is 0 Å². The molecule has 0 spiro atoms. The summed E-state index contributed by atoms with van der Waals surface area (Å²) in [7, 11) is 0. The third-order valence-corrected chi connectivity index (χ3v) is 3.94. The van der Waals surface area contributed by atoms with Crippen LogP contribution in [0.5, 0.6) is 0 Å². The van der Waals surface area contributed by atoms with Gasteiger partial charge in [-0.1, -0.05) is 0 Å². The highest BCUT2D eigenvalue weighted by molar-refractivity contribution is 4.82. The molecule has 2 saturated heterocycles. The predicted molar refractivity (Wildman–Crippen MR) is 78.9 cm³/mol. The van der Waals surface area contributed by atoms with E-state index < -0.39 is 0 Å². The van der Waals surface area contributed by atoms with E-state index in [1.807, 2.05) is 0 Å². The van der Waals surface area contributed by atoms with Crippen molar-refractivity contribution < 1.29 is 14.6 Å². The van der Waals surface area contributed by atoms with Crippen molar-refractivity contribution in [2.24, 2.45) is 0 Å². The van der Waals surface area contributed by atoms with Gasteiger partial charge in [-0.2, -0.15) is 0 Å². The van der Waals surface area contributed by atoms with Gasteiger partial charge in [-0.3, -0.25) is 9.80 Å². The van der Waals surface area contributed by atoms with Crippen LogP contribution in [0.2, 0.25) is 0 Å². The van der Waals surface area contributed by atoms with E-state index in [-0.39, 0.29) is 23.9 Å². The van der Waals surface area contributed by atoms with Gasteiger partial charge in [0, 0.05) is 39.3 Å². The van der Waals surface area contributed by atoms with Crippen LogP contribution in [0.1, 0.15) is 27.7 Å². The minimum absolute atomic E-state index is 0.0973. The maximum absolute atomic E-state index is 10.3. The van der Waals surface area contributed by atoms with E-state index in [1.165, 1.54) is 0 Å². The Kier molecular flexibility index (Phi) is 5.42. The van der Waals surface area contributed by atoms with E-state index in [1.54, 1.807) is 0 Å². The molecule has 1 N–H and O–H groups in total. The first-order valence-corrected chi connectivity index (χ1v) is 7.76. The van der Waals surface area contributed by atoms with Gasteiger partial charge in [0.2, 0.25) is 0 Å². The van der Waals surface area contributed by atoms with Crippen molar-refractivity contribution in [3.63, 3.8) is 0 Å². The summed E-state index contributed by atoms with van der Waals surface area (Å²) in [5, 5.41) is 10.3. The lowest BCUT2D eigenvalue weighted by Crippen LogP contribution is -2.53. The molecule has 0 saturated carbocycles. The van der Waals surface area contributed by atoms with Gasteiger partial charge >= 0.3 is 0 Å². The Morgan fingerprint density at radius 3 is 2.35 bits per heavy atom. The quantitative estimate of drug-likeness (QED) is 0.818. The molecule has 0 aliphatic carbocycles. The summed E-state index contributed by atoms with van der Waals surface area (Å²) >= 11 is 0. The van der Waals surface area contributed by atoms with E-state index in [0.29, 0.717) is 0 Å². The molecule has 0 aromatic carbocycles. The summed E-state index contributed by atoms with van der Waals surface area (Å²) in [6.07, 6.45) is 0.211. The third kappa shape index (κ3) is 4.97. The number of hydrogen-bond acceptors (Lipinski definition) is 5. The summed E-state index contributed by atoms with van der Waals surface area (Å²) in [6, 6.07) is 0. The first-order chi connectivity index (χ1) is 9.34. The van der Waals surface area contributed by atoms with Gasteiger partial charge in [0.05, 0.1) is 30.5 Å². The second kappa shape index (κ2) is 6.71. The lowest BCUT2D eigenvalue weighted by molar-refractivity contribution is -0.100. The lowest BCUT2D eigenvalue weighted by atomic mass is 10.1. The number of aliphatic hydroxyl groups is 1. The zero-order chi connectivity index (χ0) is 14.8. The van der Waals surface area contributed by atoms with Gasteiger partial charge in [0.15, 0.2) is 0 Å². The second-order valence-corrected chi connectivity index (χ2v) is 6.97. The minimum Gasteiger partial charge on any atom is -0.390 e. The molecule has 0 aromatic rings. The number of aliphatic hydroxyl groups excluding tert-OH is 1. The van der Waals surface area contributed by atoms with Crippen LogP contribution in [0, 0.1) is 0 Å². The molecule has 2 rings (SSSR count). The van der Waals surface area contributed by atoms with Crippen LogP contribution in [0.3, 0.4) is 0 Å². The summed E-state index contributed by atoms with van der Waals surface area (Å²) in [5.41, 5.74) is -0.0973. The molecule has 118 valence electrons. The molecule has 3 unspecified atom stereocenters. The van der Waals surface area contributed by atoms with Crippen LogP contribution in [0.25, 0.3) is 0 Å². The molecule has 0 bridgehead atoms. The molecule has 20 heavy (non-hydrogen) atoms. The van der Waals surface area contributed by atoms with Crippen molar-refractivity contribution >= 4 is 0 Å². The van der Waals surface area contributed by atoms with E-state index in [4.69, 9.17) is 9.47 Å². The summed E-state index contributed by atoms with van der Waals surface area (Å²) in [4.78, 5) is 4.62. The van der Waals surface area contributed by atoms with Gasteiger partial charge in [0.25, 0.3) is 0 Å². The van der Waals surface area contributed by atoms with Gasteiger partial charge in [0.1, 0.15) is 0 Å². The highest BCUT2D eigenvalue weighted by Crippen LogP contribution is 2.17. The number of β-amino-alcohol motifs (C(OH)–C–C–N with tert-alkyl or cyclic N) is 1. The SMILES string of the molecule is CC1CN(CC(O)CN2CCOC(C)(C)C2)CC(C)O1. The molecule has 0 radical (unpaired) electrons. The smallest absolute Gasteiger partial charge is 0.0793 e. The van der Waals surface area contributed by atoms with E-state index in [2.05, 4.69) is 37.5 Å². The molecule has 2 fully saturated rings. The molecule has 0 aromatic heterocycles. The van der Waals surface area contributed by atoms with Crippen LogP contribution in [-0.2, 0) is 9.47 Å². The standard InChI is InChI=1S/C15H30N2O3/c1-12-7-17(8-13(2)20-12)10-14(18)9-16-5-6-19-15(3,4)11-16/h12-14,18H,5-11H2,1-4H3. The van der Waals surface area contributed by atoms with Gasteiger partial charge < -0.3 is 14.6 Å². The fourth-order valence-electron chi connectivity index (χ4n) is 3.36. The van der Waals surface area contributed by atoms with Crippen molar-refractivity contribution in [3.8, 4) is 0 Å². The maximum Gasteiger partial charge on any atom is 0.0793 e. The second-order valence-electron chi connectivity index (χ2n) is 6.97. The van der Waals surface area contributed by atoms with Gasteiger partial charge in [-0.15, -0.1) is 0 Å². The average Bonchev–Trinajstić information content (AvgIpc) is 2.25. The van der Waals surface area contributed by atoms with Crippen molar-refractivity contribution in [2.75, 3.05) is 45.9 Å². The number of nitrogens with zero attached hydrogens (tertiary/aromatic N) is 2. The Hall–Kier alpha value is -0.200. The summed E-state index contributed by atoms with van der Waals surface area (Å²) in [5.74, 6) is 0. The Morgan fingerprint density at radius 2 is 1.75 bits per heavy atom. The fraction of sp³-hybridized carbons (Fsp3) is 1.00. The highest BCUT2D eigenvalue weighted by atomic mass is 16.5. The first-order valence-electron chi connectivity index (χ1n) is 7.76. The average molecular weight is 286 g/mol. The minimum atomic E-state index is -0.304. The lowest BCUT2D eigenvalue weighted by Gasteiger charge is -2.40. The van der Waals surface area contributed by atoms with Crippen molar-refractivity contribution in [3.05, 3.63) is 0 Å². The van der Waals surface area contributed by atoms with E-state index in [9.17, 15) is 5.11 Å². The largest absolute Gasteiger partial charge is 0.390 e. The molecule has 2 heterocycles. The van der Waals surface area contributed by atoms with Crippen LogP contribution in [0.15, 0.2) is 0 Å². The Balaban J connectivity index is 1.76. The third-order valence-electron chi connectivity index (χ3n) is 3.94. The molecular weight excluding hydrogens is 256 g/mol. The molecular formula is C15H30N2O3. The molecule has 5 heteroatoms. The molecule has 2 aliphatic heterocycles. The van der Waals surface area contributed by atoms with Crippen molar-refractivity contribution in [1.82, 2.24) is 9.80 Å². The zero-order valence-electron chi connectivity index (χ0n) is 13.3. The topological polar surface area (TPSA) is 45.2 Å².